The van der Waals surface area contributed by atoms with Crippen molar-refractivity contribution >= 4 is 71.4 Å². The summed E-state index contributed by atoms with van der Waals surface area (Å²) in [5.41, 5.74) is 15.0. The fraction of sp³-hybridized carbons (Fsp3) is 0.0167. The third-order valence-corrected chi connectivity index (χ3v) is 13.3. The number of hydrogen-bond acceptors (Lipinski definition) is 3. The molecule has 13 rings (SSSR count). The van der Waals surface area contributed by atoms with Crippen molar-refractivity contribution in [1.82, 2.24) is 4.98 Å². The Kier molecular flexibility index (Phi) is 7.82. The summed E-state index contributed by atoms with van der Waals surface area (Å²) < 4.78 is 6.63. The van der Waals surface area contributed by atoms with Crippen LogP contribution in [0.15, 0.2) is 235 Å². The highest BCUT2D eigenvalue weighted by atomic mass is 16.3. The van der Waals surface area contributed by atoms with Crippen LogP contribution in [-0.2, 0) is 5.41 Å². The minimum Gasteiger partial charge on any atom is -0.455 e. The second kappa shape index (κ2) is 13.9. The summed E-state index contributed by atoms with van der Waals surface area (Å²) in [6.45, 7) is 0. The Morgan fingerprint density at radius 3 is 1.81 bits per heavy atom. The van der Waals surface area contributed by atoms with Crippen LogP contribution < -0.4 is 4.90 Å². The number of benzene rings is 10. The highest BCUT2D eigenvalue weighted by Gasteiger charge is 2.46. The molecule has 1 aliphatic carbocycles. The van der Waals surface area contributed by atoms with Gasteiger partial charge in [0.2, 0.25) is 0 Å². The van der Waals surface area contributed by atoms with E-state index in [0.29, 0.717) is 0 Å². The molecule has 0 bridgehead atoms. The zero-order chi connectivity index (χ0) is 41.5. The van der Waals surface area contributed by atoms with Crippen LogP contribution in [0.5, 0.6) is 0 Å². The zero-order valence-electron chi connectivity index (χ0n) is 34.2. The van der Waals surface area contributed by atoms with Gasteiger partial charge < -0.3 is 9.32 Å². The Morgan fingerprint density at radius 2 is 1.00 bits per heavy atom. The lowest BCUT2D eigenvalue weighted by molar-refractivity contribution is 0.673. The normalized spacial score (nSPS) is 12.9. The average molecular weight is 803 g/mol. The van der Waals surface area contributed by atoms with Crippen molar-refractivity contribution in [2.75, 3.05) is 4.90 Å². The first-order valence-corrected chi connectivity index (χ1v) is 21.6. The molecule has 0 N–H and O–H groups in total. The number of pyridine rings is 1. The summed E-state index contributed by atoms with van der Waals surface area (Å²) in [5, 5.41) is 7.87. The second-order valence-electron chi connectivity index (χ2n) is 16.6. The number of fused-ring (bicyclic) bond motifs is 11. The molecule has 0 saturated carbocycles. The summed E-state index contributed by atoms with van der Waals surface area (Å²) in [6.07, 6.45) is 0. The third-order valence-electron chi connectivity index (χ3n) is 13.3. The molecule has 2 heterocycles. The molecular weight excluding hydrogens is 765 g/mol. The van der Waals surface area contributed by atoms with E-state index in [4.69, 9.17) is 9.40 Å². The maximum atomic E-state index is 6.63. The van der Waals surface area contributed by atoms with Gasteiger partial charge in [0.25, 0.3) is 0 Å². The van der Waals surface area contributed by atoms with E-state index < -0.39 is 5.41 Å². The summed E-state index contributed by atoms with van der Waals surface area (Å²) in [6, 6.07) is 83.5. The predicted octanol–water partition coefficient (Wildman–Crippen LogP) is 15.9. The molecule has 3 nitrogen and oxygen atoms in total. The molecule has 12 aromatic rings. The Morgan fingerprint density at radius 1 is 0.397 bits per heavy atom. The molecule has 0 atom stereocenters. The Hall–Kier alpha value is -8.27. The zero-order valence-corrected chi connectivity index (χ0v) is 34.2. The monoisotopic (exact) mass is 802 g/mol. The fourth-order valence-electron chi connectivity index (χ4n) is 10.5. The van der Waals surface area contributed by atoms with E-state index in [1.54, 1.807) is 0 Å². The van der Waals surface area contributed by atoms with Crippen molar-refractivity contribution in [2.45, 2.75) is 5.41 Å². The quantitative estimate of drug-likeness (QED) is 0.157. The smallest absolute Gasteiger partial charge is 0.144 e. The van der Waals surface area contributed by atoms with E-state index in [-0.39, 0.29) is 0 Å². The minimum atomic E-state index is -0.516. The van der Waals surface area contributed by atoms with Crippen molar-refractivity contribution < 1.29 is 4.42 Å². The number of anilines is 3. The second-order valence-corrected chi connectivity index (χ2v) is 16.6. The number of nitrogens with zero attached hydrogens (tertiary/aromatic N) is 2. The Labute approximate surface area is 364 Å². The first-order valence-electron chi connectivity index (χ1n) is 21.6. The van der Waals surface area contributed by atoms with Crippen molar-refractivity contribution in [2.24, 2.45) is 0 Å². The molecule has 10 aromatic carbocycles. The van der Waals surface area contributed by atoms with Gasteiger partial charge in [0.1, 0.15) is 11.2 Å². The maximum absolute atomic E-state index is 6.63. The standard InChI is InChI=1S/C60H38N2O/c1-3-17-42(18-4-1)60(43-19-5-2-6-20-43)53-24-12-9-21-47(53)48-34-33-46(38-54(48)60)62(45-32-27-39-15-7-8-16-41(39)37-45)44-30-28-40(29-31-44)58-52-36-35-50-49-22-11-14-26-56(49)63-59(50)57(52)51-23-10-13-25-55(51)61-58/h1-38H. The molecule has 0 radical (unpaired) electrons. The first-order chi connectivity index (χ1) is 31.2. The molecular formula is C60H38N2O. The van der Waals surface area contributed by atoms with Gasteiger partial charge in [-0.2, -0.15) is 0 Å². The summed E-state index contributed by atoms with van der Waals surface area (Å²) in [7, 11) is 0. The molecule has 294 valence electrons. The van der Waals surface area contributed by atoms with E-state index in [2.05, 4.69) is 229 Å². The maximum Gasteiger partial charge on any atom is 0.144 e. The topological polar surface area (TPSA) is 29.3 Å². The highest BCUT2D eigenvalue weighted by Crippen LogP contribution is 2.57. The lowest BCUT2D eigenvalue weighted by Crippen LogP contribution is -2.28. The number of hydrogen-bond donors (Lipinski definition) is 0. The average Bonchev–Trinajstić information content (AvgIpc) is 3.88. The Balaban J connectivity index is 1.02. The lowest BCUT2D eigenvalue weighted by Gasteiger charge is -2.35. The third kappa shape index (κ3) is 5.30. The minimum absolute atomic E-state index is 0.516. The van der Waals surface area contributed by atoms with E-state index >= 15 is 0 Å². The predicted molar refractivity (Wildman–Crippen MR) is 261 cm³/mol. The Bertz CT molecular complexity index is 3700. The molecule has 0 fully saturated rings. The van der Waals surface area contributed by atoms with Gasteiger partial charge in [-0.3, -0.25) is 0 Å². The van der Waals surface area contributed by atoms with Crippen LogP contribution in [0.4, 0.5) is 17.1 Å². The van der Waals surface area contributed by atoms with E-state index in [1.807, 2.05) is 6.07 Å². The highest BCUT2D eigenvalue weighted by molar-refractivity contribution is 6.24. The summed E-state index contributed by atoms with van der Waals surface area (Å²) >= 11 is 0. The van der Waals surface area contributed by atoms with Gasteiger partial charge in [-0.25, -0.2) is 4.98 Å². The molecule has 0 spiro atoms. The van der Waals surface area contributed by atoms with E-state index in [9.17, 15) is 0 Å². The van der Waals surface area contributed by atoms with Gasteiger partial charge in [-0.15, -0.1) is 0 Å². The van der Waals surface area contributed by atoms with Gasteiger partial charge in [-0.05, 0) is 98.8 Å². The van der Waals surface area contributed by atoms with Crippen molar-refractivity contribution in [3.05, 3.63) is 253 Å². The number of aromatic nitrogens is 1. The number of furan rings is 1. The van der Waals surface area contributed by atoms with Crippen LogP contribution in [0.3, 0.4) is 0 Å². The molecule has 0 aliphatic heterocycles. The van der Waals surface area contributed by atoms with Crippen LogP contribution in [-0.4, -0.2) is 4.98 Å². The van der Waals surface area contributed by atoms with Gasteiger partial charge in [0, 0.05) is 49.6 Å². The van der Waals surface area contributed by atoms with Crippen LogP contribution in [0.25, 0.3) is 76.8 Å². The van der Waals surface area contributed by atoms with Crippen molar-refractivity contribution in [1.29, 1.82) is 0 Å². The molecule has 2 aromatic heterocycles. The number of para-hydroxylation sites is 2. The van der Waals surface area contributed by atoms with Crippen LogP contribution in [0, 0.1) is 0 Å². The van der Waals surface area contributed by atoms with Gasteiger partial charge >= 0.3 is 0 Å². The molecule has 1 aliphatic rings. The molecule has 3 heteroatoms. The molecule has 0 saturated heterocycles. The van der Waals surface area contributed by atoms with Crippen LogP contribution >= 0.6 is 0 Å². The lowest BCUT2D eigenvalue weighted by atomic mass is 9.67. The van der Waals surface area contributed by atoms with Gasteiger partial charge in [-0.1, -0.05) is 176 Å². The SMILES string of the molecule is c1ccc(C2(c3ccccc3)c3ccccc3-c3ccc(N(c4ccc(-c5nc6ccccc6c6c5ccc5c7ccccc7oc56)cc4)c4ccc5ccccc5c4)cc32)cc1. The molecule has 0 amide bonds. The summed E-state index contributed by atoms with van der Waals surface area (Å²) in [4.78, 5) is 7.74. The van der Waals surface area contributed by atoms with E-state index in [1.165, 1.54) is 44.2 Å². The van der Waals surface area contributed by atoms with Crippen molar-refractivity contribution in [3.8, 4) is 22.4 Å². The van der Waals surface area contributed by atoms with Crippen LogP contribution in [0.2, 0.25) is 0 Å². The van der Waals surface area contributed by atoms with E-state index in [0.717, 1.165) is 71.9 Å². The van der Waals surface area contributed by atoms with Gasteiger partial charge in [0.15, 0.2) is 0 Å². The fourth-order valence-corrected chi connectivity index (χ4v) is 10.5. The van der Waals surface area contributed by atoms with Crippen LogP contribution in [0.1, 0.15) is 22.3 Å². The largest absolute Gasteiger partial charge is 0.455 e. The molecule has 0 unspecified atom stereocenters. The first kappa shape index (κ1) is 35.5. The van der Waals surface area contributed by atoms with Crippen molar-refractivity contribution in [3.63, 3.8) is 0 Å². The summed E-state index contributed by atoms with van der Waals surface area (Å²) in [5.74, 6) is 0. The molecule has 63 heavy (non-hydrogen) atoms. The number of rotatable bonds is 6. The van der Waals surface area contributed by atoms with Gasteiger partial charge in [0.05, 0.1) is 16.6 Å².